The molecule has 138 valence electrons. The van der Waals surface area contributed by atoms with Crippen molar-refractivity contribution in [1.82, 2.24) is 20.2 Å². The van der Waals surface area contributed by atoms with Crippen molar-refractivity contribution in [3.05, 3.63) is 58.2 Å². The molecule has 5 heteroatoms. The molecule has 0 radical (unpaired) electrons. The van der Waals surface area contributed by atoms with Crippen LogP contribution < -0.4 is 5.32 Å². The predicted molar refractivity (Wildman–Crippen MR) is 103 cm³/mol. The summed E-state index contributed by atoms with van der Waals surface area (Å²) >= 11 is 0. The molecule has 1 aromatic heterocycles. The Morgan fingerprint density at radius 1 is 1.23 bits per heavy atom. The Kier molecular flexibility index (Phi) is 5.67. The summed E-state index contributed by atoms with van der Waals surface area (Å²) in [5.74, 6) is 0.846. The molecule has 5 nitrogen and oxygen atoms in total. The number of fused-ring (bicyclic) bond motifs is 1. The van der Waals surface area contributed by atoms with Crippen molar-refractivity contribution in [3.8, 4) is 0 Å². The van der Waals surface area contributed by atoms with Gasteiger partial charge in [0.15, 0.2) is 0 Å². The Bertz CT molecular complexity index is 801. The molecular weight excluding hydrogens is 324 g/mol. The molecule has 1 aromatic carbocycles. The fourth-order valence-corrected chi connectivity index (χ4v) is 3.71. The second kappa shape index (κ2) is 7.96. The van der Waals surface area contributed by atoms with E-state index in [0.717, 1.165) is 35.5 Å². The molecule has 0 spiro atoms. The highest BCUT2D eigenvalue weighted by Gasteiger charge is 2.23. The van der Waals surface area contributed by atoms with Crippen molar-refractivity contribution in [2.45, 2.75) is 45.6 Å². The highest BCUT2D eigenvalue weighted by molar-refractivity contribution is 5.83. The summed E-state index contributed by atoms with van der Waals surface area (Å²) in [4.78, 5) is 24.0. The van der Waals surface area contributed by atoms with E-state index in [1.165, 1.54) is 17.7 Å². The molecule has 0 fully saturated rings. The molecule has 1 heterocycles. The average Bonchev–Trinajstić information content (AvgIpc) is 3.04. The zero-order valence-electron chi connectivity index (χ0n) is 16.2. The molecule has 3 rings (SSSR count). The summed E-state index contributed by atoms with van der Waals surface area (Å²) in [5.41, 5.74) is 5.79. The van der Waals surface area contributed by atoms with Crippen LogP contribution in [-0.2, 0) is 24.1 Å². The molecular formula is C21H28N4O. The molecule has 26 heavy (non-hydrogen) atoms. The standard InChI is InChI=1S/C21H28N4O/c1-14-7-5-8-16(13-14)20(25(3)4)21(26)22-12-11-19-23-15(2)17-9-6-10-18(17)24-19/h5,7-8,13,20H,6,9-12H2,1-4H3,(H,22,26)/t20-/m0/s1. The van der Waals surface area contributed by atoms with E-state index in [9.17, 15) is 4.79 Å². The molecule has 0 aliphatic heterocycles. The summed E-state index contributed by atoms with van der Waals surface area (Å²) < 4.78 is 0. The quantitative estimate of drug-likeness (QED) is 0.868. The van der Waals surface area contributed by atoms with E-state index in [1.807, 2.05) is 44.1 Å². The fraction of sp³-hybridized carbons (Fsp3) is 0.476. The number of aryl methyl sites for hydroxylation is 3. The van der Waals surface area contributed by atoms with E-state index in [4.69, 9.17) is 0 Å². The number of likely N-dealkylation sites (N-methyl/N-ethyl adjacent to an activating group) is 1. The van der Waals surface area contributed by atoms with Crippen molar-refractivity contribution in [2.75, 3.05) is 20.6 Å². The minimum Gasteiger partial charge on any atom is -0.354 e. The summed E-state index contributed by atoms with van der Waals surface area (Å²) in [6.07, 6.45) is 3.98. The number of aromatic nitrogens is 2. The third kappa shape index (κ3) is 4.10. The van der Waals surface area contributed by atoms with Crippen LogP contribution in [0.25, 0.3) is 0 Å². The number of hydrogen-bond donors (Lipinski definition) is 1. The second-order valence-corrected chi connectivity index (χ2v) is 7.33. The first-order chi connectivity index (χ1) is 12.5. The Balaban J connectivity index is 1.63. The number of rotatable bonds is 6. The average molecular weight is 352 g/mol. The Hall–Kier alpha value is -2.27. The highest BCUT2D eigenvalue weighted by atomic mass is 16.2. The van der Waals surface area contributed by atoms with Crippen LogP contribution in [-0.4, -0.2) is 41.4 Å². The molecule has 1 atom stereocenters. The molecule has 1 aliphatic carbocycles. The highest BCUT2D eigenvalue weighted by Crippen LogP contribution is 2.22. The zero-order chi connectivity index (χ0) is 18.7. The lowest BCUT2D eigenvalue weighted by molar-refractivity contribution is -0.125. The maximum absolute atomic E-state index is 12.7. The van der Waals surface area contributed by atoms with Crippen LogP contribution in [0.15, 0.2) is 24.3 Å². The molecule has 1 N–H and O–H groups in total. The van der Waals surface area contributed by atoms with Gasteiger partial charge in [0, 0.05) is 24.4 Å². The van der Waals surface area contributed by atoms with Gasteiger partial charge in [0.25, 0.3) is 0 Å². The van der Waals surface area contributed by atoms with Gasteiger partial charge < -0.3 is 5.32 Å². The number of hydrogen-bond acceptors (Lipinski definition) is 4. The molecule has 0 unspecified atom stereocenters. The largest absolute Gasteiger partial charge is 0.354 e. The number of amides is 1. The Morgan fingerprint density at radius 2 is 2.04 bits per heavy atom. The SMILES string of the molecule is Cc1cccc([C@@H](C(=O)NCCc2nc(C)c3c(n2)CCC3)N(C)C)c1. The monoisotopic (exact) mass is 352 g/mol. The first-order valence-corrected chi connectivity index (χ1v) is 9.31. The predicted octanol–water partition coefficient (Wildman–Crippen LogP) is 2.54. The summed E-state index contributed by atoms with van der Waals surface area (Å²) in [6.45, 7) is 4.66. The third-order valence-corrected chi connectivity index (χ3v) is 4.96. The van der Waals surface area contributed by atoms with E-state index in [1.54, 1.807) is 0 Å². The van der Waals surface area contributed by atoms with Gasteiger partial charge in [-0.3, -0.25) is 9.69 Å². The van der Waals surface area contributed by atoms with Gasteiger partial charge in [-0.1, -0.05) is 29.8 Å². The van der Waals surface area contributed by atoms with E-state index >= 15 is 0 Å². The first-order valence-electron chi connectivity index (χ1n) is 9.31. The number of nitrogens with zero attached hydrogens (tertiary/aromatic N) is 3. The van der Waals surface area contributed by atoms with Gasteiger partial charge in [0.2, 0.25) is 5.91 Å². The summed E-state index contributed by atoms with van der Waals surface area (Å²) in [6, 6.07) is 7.82. The lowest BCUT2D eigenvalue weighted by atomic mass is 10.0. The van der Waals surface area contributed by atoms with E-state index in [2.05, 4.69) is 28.3 Å². The topological polar surface area (TPSA) is 58.1 Å². The zero-order valence-corrected chi connectivity index (χ0v) is 16.2. The molecule has 0 saturated heterocycles. The van der Waals surface area contributed by atoms with Gasteiger partial charge in [-0.15, -0.1) is 0 Å². The fourth-order valence-electron chi connectivity index (χ4n) is 3.71. The number of carbonyl (C=O) groups excluding carboxylic acids is 1. The maximum Gasteiger partial charge on any atom is 0.241 e. The van der Waals surface area contributed by atoms with Crippen molar-refractivity contribution in [1.29, 1.82) is 0 Å². The molecule has 1 amide bonds. The van der Waals surface area contributed by atoms with Crippen LogP contribution in [0.4, 0.5) is 0 Å². The maximum atomic E-state index is 12.7. The van der Waals surface area contributed by atoms with Crippen LogP contribution in [0.1, 0.15) is 46.4 Å². The van der Waals surface area contributed by atoms with Crippen molar-refractivity contribution >= 4 is 5.91 Å². The first kappa shape index (κ1) is 18.5. The van der Waals surface area contributed by atoms with Crippen molar-refractivity contribution in [2.24, 2.45) is 0 Å². The third-order valence-electron chi connectivity index (χ3n) is 4.96. The lowest BCUT2D eigenvalue weighted by Crippen LogP contribution is -2.38. The minimum atomic E-state index is -0.294. The van der Waals surface area contributed by atoms with Gasteiger partial charge in [-0.25, -0.2) is 9.97 Å². The van der Waals surface area contributed by atoms with Crippen LogP contribution in [0.5, 0.6) is 0 Å². The van der Waals surface area contributed by atoms with Gasteiger partial charge in [0.05, 0.1) is 0 Å². The van der Waals surface area contributed by atoms with Crippen LogP contribution in [0.2, 0.25) is 0 Å². The second-order valence-electron chi connectivity index (χ2n) is 7.33. The number of nitrogens with one attached hydrogen (secondary N) is 1. The smallest absolute Gasteiger partial charge is 0.241 e. The molecule has 1 aliphatic rings. The number of carbonyl (C=O) groups is 1. The van der Waals surface area contributed by atoms with Crippen molar-refractivity contribution in [3.63, 3.8) is 0 Å². The van der Waals surface area contributed by atoms with Crippen LogP contribution >= 0.6 is 0 Å². The molecule has 0 saturated carbocycles. The van der Waals surface area contributed by atoms with E-state index in [0.29, 0.717) is 13.0 Å². The van der Waals surface area contributed by atoms with Gasteiger partial charge >= 0.3 is 0 Å². The lowest BCUT2D eigenvalue weighted by Gasteiger charge is -2.24. The normalized spacial score (nSPS) is 14.3. The van der Waals surface area contributed by atoms with Gasteiger partial charge in [-0.05, 0) is 58.3 Å². The van der Waals surface area contributed by atoms with Crippen molar-refractivity contribution < 1.29 is 4.79 Å². The van der Waals surface area contributed by atoms with Crippen LogP contribution in [0.3, 0.4) is 0 Å². The van der Waals surface area contributed by atoms with Crippen LogP contribution in [0, 0.1) is 13.8 Å². The summed E-state index contributed by atoms with van der Waals surface area (Å²) in [5, 5.41) is 3.06. The van der Waals surface area contributed by atoms with Gasteiger partial charge in [0.1, 0.15) is 11.9 Å². The molecule has 0 bridgehead atoms. The van der Waals surface area contributed by atoms with E-state index in [-0.39, 0.29) is 11.9 Å². The minimum absolute atomic E-state index is 0.0125. The van der Waals surface area contributed by atoms with E-state index < -0.39 is 0 Å². The molecule has 2 aromatic rings. The summed E-state index contributed by atoms with van der Waals surface area (Å²) in [7, 11) is 3.86. The number of benzene rings is 1. The Morgan fingerprint density at radius 3 is 2.77 bits per heavy atom. The van der Waals surface area contributed by atoms with Gasteiger partial charge in [-0.2, -0.15) is 0 Å². The Labute approximate surface area is 155 Å².